The van der Waals surface area contributed by atoms with Crippen molar-refractivity contribution in [1.82, 2.24) is 0 Å². The minimum Gasteiger partial charge on any atom is -0.493 e. The van der Waals surface area contributed by atoms with Crippen LogP contribution in [0.25, 0.3) is 0 Å². The SMILES string of the molecule is O=[N+]([O-])c1cccc(CCOc2[c]cccc2)c1. The summed E-state index contributed by atoms with van der Waals surface area (Å²) in [6.07, 6.45) is 0.629. The number of benzene rings is 2. The number of para-hydroxylation sites is 1. The zero-order valence-electron chi connectivity index (χ0n) is 9.70. The molecule has 0 fully saturated rings. The van der Waals surface area contributed by atoms with Gasteiger partial charge in [0.2, 0.25) is 0 Å². The van der Waals surface area contributed by atoms with E-state index in [0.717, 1.165) is 5.56 Å². The molecule has 0 saturated heterocycles. The van der Waals surface area contributed by atoms with Crippen LogP contribution in [0.5, 0.6) is 5.75 Å². The Labute approximate surface area is 105 Å². The topological polar surface area (TPSA) is 52.4 Å². The van der Waals surface area contributed by atoms with E-state index in [1.807, 2.05) is 24.3 Å². The lowest BCUT2D eigenvalue weighted by atomic mass is 10.1. The molecule has 4 nitrogen and oxygen atoms in total. The summed E-state index contributed by atoms with van der Waals surface area (Å²) in [6, 6.07) is 16.9. The van der Waals surface area contributed by atoms with Gasteiger partial charge in [-0.15, -0.1) is 0 Å². The van der Waals surface area contributed by atoms with Crippen LogP contribution in [0.2, 0.25) is 0 Å². The molecule has 0 atom stereocenters. The molecule has 0 amide bonds. The van der Waals surface area contributed by atoms with Crippen LogP contribution in [-0.4, -0.2) is 11.5 Å². The summed E-state index contributed by atoms with van der Waals surface area (Å²) in [5, 5.41) is 10.6. The second kappa shape index (κ2) is 5.82. The van der Waals surface area contributed by atoms with Crippen molar-refractivity contribution in [2.75, 3.05) is 6.61 Å². The molecule has 18 heavy (non-hydrogen) atoms. The molecule has 2 aromatic rings. The van der Waals surface area contributed by atoms with E-state index in [2.05, 4.69) is 6.07 Å². The zero-order valence-corrected chi connectivity index (χ0v) is 9.70. The van der Waals surface area contributed by atoms with E-state index < -0.39 is 4.92 Å². The van der Waals surface area contributed by atoms with Gasteiger partial charge in [-0.25, -0.2) is 0 Å². The smallest absolute Gasteiger partial charge is 0.269 e. The van der Waals surface area contributed by atoms with Gasteiger partial charge in [-0.1, -0.05) is 30.3 Å². The van der Waals surface area contributed by atoms with Gasteiger partial charge in [0, 0.05) is 24.6 Å². The number of ether oxygens (including phenoxy) is 1. The Hall–Kier alpha value is -2.36. The van der Waals surface area contributed by atoms with Gasteiger partial charge in [-0.3, -0.25) is 10.1 Å². The molecule has 0 heterocycles. The standard InChI is InChI=1S/C14H12NO3/c16-15(17)13-6-4-5-12(11-13)9-10-18-14-7-2-1-3-8-14/h1-7,11H,9-10H2. The van der Waals surface area contributed by atoms with Crippen molar-refractivity contribution in [3.05, 3.63) is 70.3 Å². The van der Waals surface area contributed by atoms with E-state index in [1.54, 1.807) is 18.2 Å². The average molecular weight is 242 g/mol. The van der Waals surface area contributed by atoms with Crippen molar-refractivity contribution in [2.24, 2.45) is 0 Å². The highest BCUT2D eigenvalue weighted by molar-refractivity contribution is 5.34. The molecule has 0 aliphatic heterocycles. The number of nitrogens with zero attached hydrogens (tertiary/aromatic N) is 1. The normalized spacial score (nSPS) is 10.0. The van der Waals surface area contributed by atoms with Crippen molar-refractivity contribution in [1.29, 1.82) is 0 Å². The Morgan fingerprint density at radius 3 is 2.83 bits per heavy atom. The molecule has 0 unspecified atom stereocenters. The summed E-state index contributed by atoms with van der Waals surface area (Å²) < 4.78 is 5.48. The minimum absolute atomic E-state index is 0.110. The summed E-state index contributed by atoms with van der Waals surface area (Å²) in [6.45, 7) is 0.474. The van der Waals surface area contributed by atoms with E-state index in [0.29, 0.717) is 18.8 Å². The first kappa shape index (κ1) is 12.1. The first-order valence-corrected chi connectivity index (χ1v) is 5.58. The van der Waals surface area contributed by atoms with Gasteiger partial charge in [0.25, 0.3) is 5.69 Å². The number of hydrogen-bond donors (Lipinski definition) is 0. The quantitative estimate of drug-likeness (QED) is 0.598. The lowest BCUT2D eigenvalue weighted by Gasteiger charge is -2.05. The summed E-state index contributed by atoms with van der Waals surface area (Å²) >= 11 is 0. The largest absolute Gasteiger partial charge is 0.493 e. The van der Waals surface area contributed by atoms with Gasteiger partial charge in [0.05, 0.1) is 11.5 Å². The lowest BCUT2D eigenvalue weighted by Crippen LogP contribution is -2.01. The van der Waals surface area contributed by atoms with Crippen molar-refractivity contribution < 1.29 is 9.66 Å². The maximum atomic E-state index is 10.6. The highest BCUT2D eigenvalue weighted by Gasteiger charge is 2.05. The molecular weight excluding hydrogens is 230 g/mol. The van der Waals surface area contributed by atoms with Crippen LogP contribution >= 0.6 is 0 Å². The van der Waals surface area contributed by atoms with Crippen molar-refractivity contribution >= 4 is 5.69 Å². The van der Waals surface area contributed by atoms with Gasteiger partial charge in [0.1, 0.15) is 5.75 Å². The Balaban J connectivity index is 1.90. The third kappa shape index (κ3) is 3.31. The maximum Gasteiger partial charge on any atom is 0.269 e. The second-order valence-electron chi connectivity index (χ2n) is 3.75. The van der Waals surface area contributed by atoms with Crippen molar-refractivity contribution in [2.45, 2.75) is 6.42 Å². The monoisotopic (exact) mass is 242 g/mol. The predicted octanol–water partition coefficient (Wildman–Crippen LogP) is 3.02. The van der Waals surface area contributed by atoms with E-state index in [-0.39, 0.29) is 5.69 Å². The number of nitro groups is 1. The number of nitro benzene ring substituents is 1. The van der Waals surface area contributed by atoms with E-state index in [4.69, 9.17) is 4.74 Å². The van der Waals surface area contributed by atoms with Crippen LogP contribution in [0.1, 0.15) is 5.56 Å². The molecule has 1 radical (unpaired) electrons. The van der Waals surface area contributed by atoms with Gasteiger partial charge in [0.15, 0.2) is 0 Å². The first-order valence-electron chi connectivity index (χ1n) is 5.58. The van der Waals surface area contributed by atoms with Gasteiger partial charge in [-0.2, -0.15) is 0 Å². The third-order valence-corrected chi connectivity index (χ3v) is 2.45. The van der Waals surface area contributed by atoms with Gasteiger partial charge >= 0.3 is 0 Å². The Morgan fingerprint density at radius 2 is 2.11 bits per heavy atom. The summed E-state index contributed by atoms with van der Waals surface area (Å²) in [7, 11) is 0. The Morgan fingerprint density at radius 1 is 1.22 bits per heavy atom. The van der Waals surface area contributed by atoms with Crippen LogP contribution in [0.15, 0.2) is 48.5 Å². The number of hydrogen-bond acceptors (Lipinski definition) is 3. The molecule has 2 aromatic carbocycles. The molecule has 0 aliphatic carbocycles. The Kier molecular flexibility index (Phi) is 3.91. The molecule has 0 saturated carbocycles. The van der Waals surface area contributed by atoms with Gasteiger partial charge in [-0.05, 0) is 11.6 Å². The molecule has 0 spiro atoms. The average Bonchev–Trinajstić information content (AvgIpc) is 2.40. The van der Waals surface area contributed by atoms with Crippen LogP contribution < -0.4 is 4.74 Å². The van der Waals surface area contributed by atoms with E-state index in [1.165, 1.54) is 6.07 Å². The molecule has 2 rings (SSSR count). The zero-order chi connectivity index (χ0) is 12.8. The molecule has 0 N–H and O–H groups in total. The molecule has 4 heteroatoms. The molecule has 91 valence electrons. The predicted molar refractivity (Wildman–Crippen MR) is 67.6 cm³/mol. The minimum atomic E-state index is -0.394. The van der Waals surface area contributed by atoms with Crippen LogP contribution in [0.4, 0.5) is 5.69 Å². The van der Waals surface area contributed by atoms with E-state index >= 15 is 0 Å². The van der Waals surface area contributed by atoms with Gasteiger partial charge < -0.3 is 4.74 Å². The molecule has 0 bridgehead atoms. The Bertz CT molecular complexity index is 526. The van der Waals surface area contributed by atoms with Crippen LogP contribution in [-0.2, 0) is 6.42 Å². The van der Waals surface area contributed by atoms with Crippen molar-refractivity contribution in [3.63, 3.8) is 0 Å². The fraction of sp³-hybridized carbons (Fsp3) is 0.143. The van der Waals surface area contributed by atoms with Crippen LogP contribution in [0.3, 0.4) is 0 Å². The summed E-state index contributed by atoms with van der Waals surface area (Å²) in [5.41, 5.74) is 0.999. The van der Waals surface area contributed by atoms with Crippen molar-refractivity contribution in [3.8, 4) is 5.75 Å². The maximum absolute atomic E-state index is 10.6. The highest BCUT2D eigenvalue weighted by atomic mass is 16.6. The molecule has 0 aromatic heterocycles. The fourth-order valence-corrected chi connectivity index (χ4v) is 1.57. The molecular formula is C14H12NO3. The molecule has 0 aliphatic rings. The fourth-order valence-electron chi connectivity index (χ4n) is 1.57. The van der Waals surface area contributed by atoms with Crippen LogP contribution in [0, 0.1) is 16.2 Å². The summed E-state index contributed by atoms with van der Waals surface area (Å²) in [4.78, 5) is 10.2. The lowest BCUT2D eigenvalue weighted by molar-refractivity contribution is -0.384. The summed E-state index contributed by atoms with van der Waals surface area (Å²) in [5.74, 6) is 0.683. The second-order valence-corrected chi connectivity index (χ2v) is 3.75. The first-order chi connectivity index (χ1) is 8.75. The number of non-ortho nitro benzene ring substituents is 1. The highest BCUT2D eigenvalue weighted by Crippen LogP contribution is 2.14. The number of rotatable bonds is 5. The van der Waals surface area contributed by atoms with E-state index in [9.17, 15) is 10.1 Å². The third-order valence-electron chi connectivity index (χ3n) is 2.45.